The molecule has 0 saturated heterocycles. The number of rotatable bonds is 6. The van der Waals surface area contributed by atoms with E-state index in [1.165, 1.54) is 6.07 Å². The monoisotopic (exact) mass is 529 g/mol. The molecule has 2 aromatic rings. The zero-order valence-corrected chi connectivity index (χ0v) is 21.8. The van der Waals surface area contributed by atoms with Gasteiger partial charge in [0.2, 0.25) is 5.36 Å². The maximum Gasteiger partial charge on any atom is 0.204 e. The Morgan fingerprint density at radius 1 is 0.889 bits per heavy atom. The molecule has 0 aromatic heterocycles. The average molecular weight is 530 g/mol. The molecule has 0 radical (unpaired) electrons. The second-order valence-electron chi connectivity index (χ2n) is 8.43. The van der Waals surface area contributed by atoms with Gasteiger partial charge in [0.05, 0.1) is 15.9 Å². The maximum absolute atomic E-state index is 12.3. The summed E-state index contributed by atoms with van der Waals surface area (Å²) in [5.41, 5.74) is 3.85. The van der Waals surface area contributed by atoms with Gasteiger partial charge in [-0.15, -0.1) is 0 Å². The van der Waals surface area contributed by atoms with E-state index in [4.69, 9.17) is 4.42 Å². The largest absolute Gasteiger partial charge is 0.744 e. The first-order chi connectivity index (χ1) is 16.8. The Balaban J connectivity index is 2.24. The Kier molecular flexibility index (Phi) is 6.69. The van der Waals surface area contributed by atoms with E-state index in [2.05, 4.69) is 10.3 Å². The molecule has 0 spiro atoms. The van der Waals surface area contributed by atoms with Crippen LogP contribution in [0.2, 0.25) is 0 Å². The van der Waals surface area contributed by atoms with Gasteiger partial charge in [-0.25, -0.2) is 21.8 Å². The van der Waals surface area contributed by atoms with Crippen LogP contribution >= 0.6 is 0 Å². The molecule has 0 amide bonds. The molecular formula is C25H25N2O7S2-. The van der Waals surface area contributed by atoms with E-state index in [1.54, 1.807) is 12.1 Å². The molecule has 0 unspecified atom stereocenters. The van der Waals surface area contributed by atoms with Gasteiger partial charge in [-0.1, -0.05) is 6.07 Å². The molecule has 1 heterocycles. The van der Waals surface area contributed by atoms with E-state index in [-0.39, 0.29) is 5.56 Å². The summed E-state index contributed by atoms with van der Waals surface area (Å²) in [5, 5.41) is 4.61. The first kappa shape index (κ1) is 25.8. The minimum absolute atomic E-state index is 0.0191. The number of hydrogen-bond donors (Lipinski definition) is 2. The third-order valence-corrected chi connectivity index (χ3v) is 7.63. The standard InChI is InChI=1S/C25H26N2O7S2/c1-5-26-20-12-22-18(9-14(20)3)25(19-10-15(4)21(27-6-2)13-23(19)34-22)17-8-7-16(35(28,29)30)11-24(17)36(31,32)33/h7-13,26H,5-6H2,1-4H3,(H,28,29,30)(H,31,32,33)/p-1. The Morgan fingerprint density at radius 2 is 1.61 bits per heavy atom. The van der Waals surface area contributed by atoms with Crippen LogP contribution in [0.4, 0.5) is 5.69 Å². The van der Waals surface area contributed by atoms with Crippen LogP contribution in [-0.2, 0) is 20.2 Å². The molecule has 0 fully saturated rings. The van der Waals surface area contributed by atoms with Crippen LogP contribution in [0, 0.1) is 13.8 Å². The number of fused-ring (bicyclic) bond motifs is 2. The minimum atomic E-state index is -5.16. The van der Waals surface area contributed by atoms with Crippen molar-refractivity contribution < 1.29 is 35.4 Å². The zero-order chi connectivity index (χ0) is 26.4. The highest BCUT2D eigenvalue weighted by Crippen LogP contribution is 2.44. The van der Waals surface area contributed by atoms with E-state index < -0.39 is 30.0 Å². The molecule has 1 aliphatic carbocycles. The van der Waals surface area contributed by atoms with Crippen molar-refractivity contribution in [2.75, 3.05) is 18.4 Å². The molecule has 2 N–H and O–H groups in total. The molecule has 2 aromatic carbocycles. The van der Waals surface area contributed by atoms with Crippen molar-refractivity contribution in [3.05, 3.63) is 58.9 Å². The van der Waals surface area contributed by atoms with E-state index in [0.29, 0.717) is 47.0 Å². The third kappa shape index (κ3) is 4.74. The molecule has 0 saturated carbocycles. The fourth-order valence-electron chi connectivity index (χ4n) is 4.32. The summed E-state index contributed by atoms with van der Waals surface area (Å²) in [6, 6.07) is 10.1. The lowest BCUT2D eigenvalue weighted by atomic mass is 9.91. The third-order valence-electron chi connectivity index (χ3n) is 5.93. The van der Waals surface area contributed by atoms with Crippen molar-refractivity contribution >= 4 is 36.9 Å². The number of benzene rings is 3. The van der Waals surface area contributed by atoms with Gasteiger partial charge in [0.1, 0.15) is 38.1 Å². The quantitative estimate of drug-likeness (QED) is 0.284. The highest BCUT2D eigenvalue weighted by molar-refractivity contribution is 7.86. The summed E-state index contributed by atoms with van der Waals surface area (Å²) in [4.78, 5) is 1.66. The second kappa shape index (κ2) is 9.32. The van der Waals surface area contributed by atoms with Crippen LogP contribution < -0.4 is 15.7 Å². The van der Waals surface area contributed by atoms with Gasteiger partial charge in [0, 0.05) is 45.9 Å². The number of hydrogen-bond acceptors (Lipinski definition) is 8. The van der Waals surface area contributed by atoms with Crippen molar-refractivity contribution in [2.45, 2.75) is 37.5 Å². The van der Waals surface area contributed by atoms with Crippen molar-refractivity contribution in [2.24, 2.45) is 0 Å². The van der Waals surface area contributed by atoms with Crippen molar-refractivity contribution in [1.29, 1.82) is 0 Å². The molecule has 36 heavy (non-hydrogen) atoms. The van der Waals surface area contributed by atoms with E-state index >= 15 is 0 Å². The van der Waals surface area contributed by atoms with Crippen LogP contribution in [0.3, 0.4) is 0 Å². The molecule has 190 valence electrons. The first-order valence-corrected chi connectivity index (χ1v) is 14.1. The summed E-state index contributed by atoms with van der Waals surface area (Å²) >= 11 is 0. The Labute approximate surface area is 209 Å². The number of nitrogens with one attached hydrogen (secondary N) is 2. The average Bonchev–Trinajstić information content (AvgIpc) is 2.78. The number of aryl methyl sites for hydroxylation is 2. The smallest absolute Gasteiger partial charge is 0.204 e. The second-order valence-corrected chi connectivity index (χ2v) is 11.2. The molecule has 9 nitrogen and oxygen atoms in total. The molecule has 0 atom stereocenters. The van der Waals surface area contributed by atoms with Crippen LogP contribution in [0.15, 0.2) is 56.7 Å². The normalized spacial score (nSPS) is 13.0. The van der Waals surface area contributed by atoms with Gasteiger partial charge >= 0.3 is 0 Å². The van der Waals surface area contributed by atoms with E-state index in [9.17, 15) is 25.9 Å². The van der Waals surface area contributed by atoms with Crippen LogP contribution in [0.25, 0.3) is 33.4 Å². The van der Waals surface area contributed by atoms with Crippen LogP contribution in [0.1, 0.15) is 25.0 Å². The molecule has 1 aliphatic heterocycles. The topological polar surface area (TPSA) is 154 Å². The lowest BCUT2D eigenvalue weighted by Crippen LogP contribution is -2.76. The Hall–Kier alpha value is -3.25. The SMILES string of the molecule is CCNc1cc2oc3cc(=[NH+]CC)c(C)cc-3c(-c3ccc(S(=O)(=O)[O-])cc3S(=O)(=O)[O-])c2cc1C. The molecule has 0 bridgehead atoms. The fraction of sp³-hybridized carbons (Fsp3) is 0.240. The predicted molar refractivity (Wildman–Crippen MR) is 132 cm³/mol. The summed E-state index contributed by atoms with van der Waals surface area (Å²) in [6.45, 7) is 9.00. The minimum Gasteiger partial charge on any atom is -0.744 e. The van der Waals surface area contributed by atoms with Gasteiger partial charge in [-0.05, 0) is 57.5 Å². The highest BCUT2D eigenvalue weighted by atomic mass is 32.2. The van der Waals surface area contributed by atoms with Gasteiger partial charge in [-0.3, -0.25) is 0 Å². The van der Waals surface area contributed by atoms with Gasteiger partial charge < -0.3 is 18.8 Å². The highest BCUT2D eigenvalue weighted by Gasteiger charge is 2.24. The summed E-state index contributed by atoms with van der Waals surface area (Å²) < 4.78 is 77.9. The first-order valence-electron chi connectivity index (χ1n) is 11.2. The lowest BCUT2D eigenvalue weighted by molar-refractivity contribution is -0.496. The van der Waals surface area contributed by atoms with Crippen molar-refractivity contribution in [3.63, 3.8) is 0 Å². The maximum atomic E-state index is 12.3. The van der Waals surface area contributed by atoms with Crippen molar-refractivity contribution in [3.8, 4) is 22.5 Å². The summed E-state index contributed by atoms with van der Waals surface area (Å²) in [7, 11) is -10.2. The Bertz CT molecular complexity index is 1760. The predicted octanol–water partition coefficient (Wildman–Crippen LogP) is 2.06. The zero-order valence-electron chi connectivity index (χ0n) is 20.1. The van der Waals surface area contributed by atoms with Crippen LogP contribution in [-0.4, -0.2) is 39.0 Å². The molecule has 11 heteroatoms. The van der Waals surface area contributed by atoms with Crippen LogP contribution in [0.5, 0.6) is 0 Å². The fourth-order valence-corrected chi connectivity index (χ4v) is 5.61. The molecule has 4 rings (SSSR count). The molecular weight excluding hydrogens is 504 g/mol. The van der Waals surface area contributed by atoms with E-state index in [0.717, 1.165) is 28.2 Å². The van der Waals surface area contributed by atoms with Gasteiger partial charge in [-0.2, -0.15) is 0 Å². The van der Waals surface area contributed by atoms with Gasteiger partial charge in [0.15, 0.2) is 0 Å². The van der Waals surface area contributed by atoms with Crippen molar-refractivity contribution in [1.82, 2.24) is 0 Å². The number of anilines is 1. The Morgan fingerprint density at radius 3 is 2.22 bits per heavy atom. The van der Waals surface area contributed by atoms with Gasteiger partial charge in [0.25, 0.3) is 0 Å². The molecule has 2 aliphatic rings. The summed E-state index contributed by atoms with van der Waals surface area (Å²) in [6.07, 6.45) is 0. The summed E-state index contributed by atoms with van der Waals surface area (Å²) in [5.74, 6) is 0.431. The lowest BCUT2D eigenvalue weighted by Gasteiger charge is -2.21. The van der Waals surface area contributed by atoms with E-state index in [1.807, 2.05) is 39.8 Å².